The predicted octanol–water partition coefficient (Wildman–Crippen LogP) is 3.14. The molecule has 0 aliphatic rings. The molecule has 1 aromatic carbocycles. The Bertz CT molecular complexity index is 783. The van der Waals surface area contributed by atoms with Crippen LogP contribution in [0.25, 0.3) is 0 Å². The number of hydrogen-bond acceptors (Lipinski definition) is 4. The summed E-state index contributed by atoms with van der Waals surface area (Å²) in [4.78, 5) is 10.8. The van der Waals surface area contributed by atoms with Crippen molar-refractivity contribution in [2.45, 2.75) is 18.2 Å². The molecule has 1 heterocycles. The Labute approximate surface area is 131 Å². The molecule has 0 unspecified atom stereocenters. The zero-order chi connectivity index (χ0) is 15.6. The van der Waals surface area contributed by atoms with Crippen molar-refractivity contribution in [1.29, 1.82) is 0 Å². The van der Waals surface area contributed by atoms with Crippen LogP contribution in [-0.2, 0) is 21.2 Å². The quantitative estimate of drug-likeness (QED) is 0.872. The van der Waals surface area contributed by atoms with Gasteiger partial charge >= 0.3 is 5.97 Å². The lowest BCUT2D eigenvalue weighted by Crippen LogP contribution is -2.15. The topological polar surface area (TPSA) is 83.5 Å². The van der Waals surface area contributed by atoms with Crippen LogP contribution in [0.4, 0.5) is 5.69 Å². The number of carboxylic acids is 1. The number of aliphatic carboxylic acids is 1. The molecule has 2 rings (SSSR count). The molecule has 0 saturated heterocycles. The number of nitrogens with one attached hydrogen (secondary N) is 1. The molecule has 0 bridgehead atoms. The van der Waals surface area contributed by atoms with Crippen molar-refractivity contribution < 1.29 is 18.3 Å². The van der Waals surface area contributed by atoms with Crippen LogP contribution in [0.3, 0.4) is 0 Å². The lowest BCUT2D eigenvalue weighted by molar-refractivity contribution is -0.136. The number of anilines is 1. The van der Waals surface area contributed by atoms with Crippen molar-refractivity contribution in [3.63, 3.8) is 0 Å². The number of rotatable bonds is 5. The van der Waals surface area contributed by atoms with Gasteiger partial charge in [0.15, 0.2) is 0 Å². The Hall–Kier alpha value is -1.57. The molecule has 0 amide bonds. The maximum absolute atomic E-state index is 12.4. The molecule has 0 saturated carbocycles. The monoisotopic (exact) mass is 345 g/mol. The number of sulfonamides is 1. The third kappa shape index (κ3) is 3.55. The molecule has 2 aromatic rings. The summed E-state index contributed by atoms with van der Waals surface area (Å²) in [5, 5.41) is 12.3. The van der Waals surface area contributed by atoms with Gasteiger partial charge in [-0.25, -0.2) is 8.42 Å². The second kappa shape index (κ2) is 6.05. The van der Waals surface area contributed by atoms with Crippen LogP contribution in [0.5, 0.6) is 0 Å². The van der Waals surface area contributed by atoms with Gasteiger partial charge in [0.05, 0.1) is 17.0 Å². The van der Waals surface area contributed by atoms with E-state index in [1.54, 1.807) is 29.8 Å². The first-order valence-corrected chi connectivity index (χ1v) is 8.66. The average molecular weight is 346 g/mol. The standard InChI is InChI=1S/C13H12ClNO4S2/c1-8-10(14)3-2-4-12(8)21(18,19)15-11-7-20-6-9(11)5-13(16)17/h2-4,6-7,15H,5H2,1H3,(H,16,17). The van der Waals surface area contributed by atoms with Gasteiger partial charge in [-0.2, -0.15) is 0 Å². The first kappa shape index (κ1) is 15.8. The molecule has 21 heavy (non-hydrogen) atoms. The zero-order valence-electron chi connectivity index (χ0n) is 11.0. The molecule has 0 aliphatic heterocycles. The van der Waals surface area contributed by atoms with Crippen molar-refractivity contribution in [3.05, 3.63) is 45.1 Å². The van der Waals surface area contributed by atoms with E-state index in [0.717, 1.165) is 0 Å². The molecule has 0 spiro atoms. The summed E-state index contributed by atoms with van der Waals surface area (Å²) in [6.07, 6.45) is -0.240. The van der Waals surface area contributed by atoms with E-state index in [1.165, 1.54) is 17.4 Å². The minimum absolute atomic E-state index is 0.0717. The summed E-state index contributed by atoms with van der Waals surface area (Å²) in [7, 11) is -3.82. The first-order chi connectivity index (χ1) is 9.81. The summed E-state index contributed by atoms with van der Waals surface area (Å²) < 4.78 is 27.2. The minimum Gasteiger partial charge on any atom is -0.481 e. The van der Waals surface area contributed by atoms with Crippen LogP contribution in [0.2, 0.25) is 5.02 Å². The van der Waals surface area contributed by atoms with E-state index in [9.17, 15) is 13.2 Å². The van der Waals surface area contributed by atoms with Crippen LogP contribution in [0, 0.1) is 6.92 Å². The third-order valence-electron chi connectivity index (χ3n) is 2.84. The Morgan fingerprint density at radius 3 is 2.76 bits per heavy atom. The molecule has 0 aliphatic carbocycles. The number of carbonyl (C=O) groups is 1. The number of benzene rings is 1. The molecular weight excluding hydrogens is 334 g/mol. The van der Waals surface area contributed by atoms with Gasteiger partial charge in [-0.3, -0.25) is 9.52 Å². The van der Waals surface area contributed by atoms with E-state index in [4.69, 9.17) is 16.7 Å². The van der Waals surface area contributed by atoms with Gasteiger partial charge in [0.2, 0.25) is 0 Å². The molecule has 0 fully saturated rings. The summed E-state index contributed by atoms with van der Waals surface area (Å²) in [5.41, 5.74) is 1.15. The number of thiophene rings is 1. The normalized spacial score (nSPS) is 11.3. The molecule has 2 N–H and O–H groups in total. The minimum atomic E-state index is -3.82. The van der Waals surface area contributed by atoms with Gasteiger partial charge in [0.25, 0.3) is 10.0 Å². The number of hydrogen-bond donors (Lipinski definition) is 2. The fraction of sp³-hybridized carbons (Fsp3) is 0.154. The zero-order valence-corrected chi connectivity index (χ0v) is 13.3. The van der Waals surface area contributed by atoms with Gasteiger partial charge < -0.3 is 5.11 Å². The van der Waals surface area contributed by atoms with Crippen molar-refractivity contribution >= 4 is 44.6 Å². The first-order valence-electron chi connectivity index (χ1n) is 5.86. The second-order valence-electron chi connectivity index (χ2n) is 4.35. The van der Waals surface area contributed by atoms with Crippen LogP contribution >= 0.6 is 22.9 Å². The highest BCUT2D eigenvalue weighted by atomic mass is 35.5. The fourth-order valence-electron chi connectivity index (χ4n) is 1.79. The SMILES string of the molecule is Cc1c(Cl)cccc1S(=O)(=O)Nc1cscc1CC(=O)O. The maximum atomic E-state index is 12.4. The van der Waals surface area contributed by atoms with Gasteiger partial charge in [-0.05, 0) is 35.6 Å². The van der Waals surface area contributed by atoms with Gasteiger partial charge in [-0.1, -0.05) is 17.7 Å². The van der Waals surface area contributed by atoms with Crippen molar-refractivity contribution in [2.75, 3.05) is 4.72 Å². The van der Waals surface area contributed by atoms with E-state index < -0.39 is 16.0 Å². The molecule has 0 radical (unpaired) electrons. The Kier molecular flexibility index (Phi) is 4.55. The highest BCUT2D eigenvalue weighted by Crippen LogP contribution is 2.28. The average Bonchev–Trinajstić information content (AvgIpc) is 2.78. The van der Waals surface area contributed by atoms with Gasteiger partial charge in [-0.15, -0.1) is 11.3 Å². The van der Waals surface area contributed by atoms with Crippen LogP contribution in [0.15, 0.2) is 33.9 Å². The summed E-state index contributed by atoms with van der Waals surface area (Å²) >= 11 is 7.17. The lowest BCUT2D eigenvalue weighted by atomic mass is 10.2. The maximum Gasteiger partial charge on any atom is 0.307 e. The Balaban J connectivity index is 2.36. The predicted molar refractivity (Wildman–Crippen MR) is 82.7 cm³/mol. The second-order valence-corrected chi connectivity index (χ2v) is 7.15. The van der Waals surface area contributed by atoms with Crippen LogP contribution < -0.4 is 4.72 Å². The number of carboxylic acid groups (broad SMARTS) is 1. The summed E-state index contributed by atoms with van der Waals surface area (Å²) in [6, 6.07) is 4.61. The van der Waals surface area contributed by atoms with Gasteiger partial charge in [0.1, 0.15) is 0 Å². The Morgan fingerprint density at radius 1 is 1.38 bits per heavy atom. The smallest absolute Gasteiger partial charge is 0.307 e. The largest absolute Gasteiger partial charge is 0.481 e. The van der Waals surface area contributed by atoms with E-state index in [2.05, 4.69) is 4.72 Å². The number of halogens is 1. The highest BCUT2D eigenvalue weighted by Gasteiger charge is 2.20. The van der Waals surface area contributed by atoms with Crippen molar-refractivity contribution in [1.82, 2.24) is 0 Å². The summed E-state index contributed by atoms with van der Waals surface area (Å²) in [5.74, 6) is -1.02. The van der Waals surface area contributed by atoms with E-state index in [-0.39, 0.29) is 17.0 Å². The molecule has 5 nitrogen and oxygen atoms in total. The summed E-state index contributed by atoms with van der Waals surface area (Å²) in [6.45, 7) is 1.61. The third-order valence-corrected chi connectivity index (χ3v) is 5.55. The van der Waals surface area contributed by atoms with Crippen molar-refractivity contribution in [2.24, 2.45) is 0 Å². The molecule has 112 valence electrons. The van der Waals surface area contributed by atoms with E-state index in [0.29, 0.717) is 16.1 Å². The molecular formula is C13H12ClNO4S2. The van der Waals surface area contributed by atoms with Crippen LogP contribution in [-0.4, -0.2) is 19.5 Å². The Morgan fingerprint density at radius 2 is 2.10 bits per heavy atom. The lowest BCUT2D eigenvalue weighted by Gasteiger charge is -2.11. The molecule has 8 heteroatoms. The fourth-order valence-corrected chi connectivity index (χ4v) is 4.25. The van der Waals surface area contributed by atoms with E-state index in [1.807, 2.05) is 0 Å². The van der Waals surface area contributed by atoms with Gasteiger partial charge in [0, 0.05) is 10.4 Å². The highest BCUT2D eigenvalue weighted by molar-refractivity contribution is 7.92. The molecule has 1 aromatic heterocycles. The molecule has 0 atom stereocenters. The van der Waals surface area contributed by atoms with E-state index >= 15 is 0 Å². The van der Waals surface area contributed by atoms with Crippen molar-refractivity contribution in [3.8, 4) is 0 Å². The van der Waals surface area contributed by atoms with Crippen LogP contribution in [0.1, 0.15) is 11.1 Å².